The monoisotopic (exact) mass is 518 g/mol. The van der Waals surface area contributed by atoms with Gasteiger partial charge in [-0.3, -0.25) is 0 Å². The van der Waals surface area contributed by atoms with Crippen molar-refractivity contribution in [2.75, 3.05) is 0 Å². The second kappa shape index (κ2) is 11.6. The molecule has 0 spiro atoms. The summed E-state index contributed by atoms with van der Waals surface area (Å²) in [6.07, 6.45) is 0. The van der Waals surface area contributed by atoms with E-state index in [2.05, 4.69) is 176 Å². The van der Waals surface area contributed by atoms with Crippen molar-refractivity contribution in [3.8, 4) is 0 Å². The van der Waals surface area contributed by atoms with Crippen LogP contribution in [0.25, 0.3) is 0 Å². The van der Waals surface area contributed by atoms with Crippen molar-refractivity contribution in [3.63, 3.8) is 0 Å². The van der Waals surface area contributed by atoms with E-state index in [0.29, 0.717) is 0 Å². The van der Waals surface area contributed by atoms with Gasteiger partial charge in [0, 0.05) is 10.8 Å². The lowest BCUT2D eigenvalue weighted by Crippen LogP contribution is -2.25. The Kier molecular flexibility index (Phi) is 7.43. The highest BCUT2D eigenvalue weighted by Crippen LogP contribution is 2.51. The van der Waals surface area contributed by atoms with Crippen LogP contribution in [0, 0.1) is 0 Å². The SMILES string of the molecule is c1ccc(C(c2ccccc2)c2ccc(SC(c3ccccc3)(c3ccccc3)c3ccccc3)cc2)cc1. The molecule has 0 bridgehead atoms. The first-order chi connectivity index (χ1) is 19.3. The summed E-state index contributed by atoms with van der Waals surface area (Å²) < 4.78 is -0.385. The van der Waals surface area contributed by atoms with Crippen LogP contribution in [-0.2, 0) is 4.75 Å². The molecule has 188 valence electrons. The molecule has 0 aliphatic heterocycles. The minimum Gasteiger partial charge on any atom is -0.105 e. The average Bonchev–Trinajstić information content (AvgIpc) is 3.03. The van der Waals surface area contributed by atoms with Crippen molar-refractivity contribution in [2.45, 2.75) is 15.6 Å². The van der Waals surface area contributed by atoms with Gasteiger partial charge in [0.1, 0.15) is 0 Å². The van der Waals surface area contributed by atoms with Crippen LogP contribution in [0.5, 0.6) is 0 Å². The van der Waals surface area contributed by atoms with Crippen molar-refractivity contribution in [3.05, 3.63) is 209 Å². The minimum atomic E-state index is -0.385. The molecule has 0 saturated heterocycles. The molecular weight excluding hydrogens is 488 g/mol. The van der Waals surface area contributed by atoms with E-state index in [0.717, 1.165) is 0 Å². The molecule has 0 radical (unpaired) electrons. The molecule has 0 aliphatic rings. The standard InChI is InChI=1S/C38H30S/c1-6-16-30(17-7-1)37(31-18-8-2-9-19-31)32-26-28-36(29-27-32)39-38(33-20-10-3-11-21-33,34-22-12-4-13-23-34)35-24-14-5-15-25-35/h1-29,37H. The smallest absolute Gasteiger partial charge is 0.0954 e. The van der Waals surface area contributed by atoms with E-state index in [1.165, 1.54) is 38.3 Å². The Bertz CT molecular complexity index is 1440. The molecular formula is C38H30S. The molecule has 0 unspecified atom stereocenters. The van der Waals surface area contributed by atoms with E-state index in [9.17, 15) is 0 Å². The normalized spacial score (nSPS) is 11.4. The number of hydrogen-bond acceptors (Lipinski definition) is 1. The van der Waals surface area contributed by atoms with Crippen LogP contribution in [0.1, 0.15) is 39.3 Å². The van der Waals surface area contributed by atoms with Gasteiger partial charge in [0.25, 0.3) is 0 Å². The predicted octanol–water partition coefficient (Wildman–Crippen LogP) is 9.95. The fourth-order valence-corrected chi connectivity index (χ4v) is 6.86. The Balaban J connectivity index is 1.45. The molecule has 0 amide bonds. The summed E-state index contributed by atoms with van der Waals surface area (Å²) in [5, 5.41) is 0. The third-order valence-electron chi connectivity index (χ3n) is 7.29. The van der Waals surface area contributed by atoms with E-state index in [4.69, 9.17) is 0 Å². The molecule has 6 rings (SSSR count). The minimum absolute atomic E-state index is 0.188. The van der Waals surface area contributed by atoms with E-state index in [-0.39, 0.29) is 10.7 Å². The molecule has 0 fully saturated rings. The van der Waals surface area contributed by atoms with Crippen molar-refractivity contribution in [1.29, 1.82) is 0 Å². The van der Waals surface area contributed by atoms with Crippen molar-refractivity contribution in [2.24, 2.45) is 0 Å². The Morgan fingerprint density at radius 1 is 0.333 bits per heavy atom. The molecule has 39 heavy (non-hydrogen) atoms. The van der Waals surface area contributed by atoms with Gasteiger partial charge < -0.3 is 0 Å². The molecule has 6 aromatic rings. The molecule has 0 atom stereocenters. The summed E-state index contributed by atoms with van der Waals surface area (Å²) in [5.74, 6) is 0.188. The van der Waals surface area contributed by atoms with Crippen molar-refractivity contribution < 1.29 is 0 Å². The number of rotatable bonds is 8. The Morgan fingerprint density at radius 2 is 0.641 bits per heavy atom. The zero-order valence-electron chi connectivity index (χ0n) is 21.7. The van der Waals surface area contributed by atoms with E-state index >= 15 is 0 Å². The third kappa shape index (κ3) is 5.19. The molecule has 6 aromatic carbocycles. The van der Waals surface area contributed by atoms with Crippen LogP contribution >= 0.6 is 11.8 Å². The van der Waals surface area contributed by atoms with Gasteiger partial charge in [-0.1, -0.05) is 164 Å². The summed E-state index contributed by atoms with van der Waals surface area (Å²) in [7, 11) is 0. The van der Waals surface area contributed by atoms with Crippen molar-refractivity contribution >= 4 is 11.8 Å². The van der Waals surface area contributed by atoms with Crippen molar-refractivity contribution in [1.82, 2.24) is 0 Å². The second-order valence-electron chi connectivity index (χ2n) is 9.70. The maximum Gasteiger partial charge on any atom is 0.0954 e. The van der Waals surface area contributed by atoms with Crippen LogP contribution in [0.4, 0.5) is 0 Å². The van der Waals surface area contributed by atoms with Gasteiger partial charge in [-0.2, -0.15) is 0 Å². The summed E-state index contributed by atoms with van der Waals surface area (Å²) in [6.45, 7) is 0. The Morgan fingerprint density at radius 3 is 1.00 bits per heavy atom. The topological polar surface area (TPSA) is 0 Å². The van der Waals surface area contributed by atoms with Crippen LogP contribution in [-0.4, -0.2) is 0 Å². The third-order valence-corrected chi connectivity index (χ3v) is 8.81. The van der Waals surface area contributed by atoms with Gasteiger partial charge in [-0.15, -0.1) is 11.8 Å². The summed E-state index contributed by atoms with van der Waals surface area (Å²) >= 11 is 1.91. The quantitative estimate of drug-likeness (QED) is 0.143. The highest BCUT2D eigenvalue weighted by Gasteiger charge is 2.37. The van der Waals surface area contributed by atoms with Crippen LogP contribution in [0.2, 0.25) is 0 Å². The zero-order chi connectivity index (χ0) is 26.3. The van der Waals surface area contributed by atoms with Gasteiger partial charge in [0.15, 0.2) is 0 Å². The second-order valence-corrected chi connectivity index (χ2v) is 11.0. The molecule has 0 aromatic heterocycles. The van der Waals surface area contributed by atoms with E-state index in [1.807, 2.05) is 11.8 Å². The summed E-state index contributed by atoms with van der Waals surface area (Å²) in [4.78, 5) is 1.23. The number of hydrogen-bond donors (Lipinski definition) is 0. The molecule has 0 nitrogen and oxygen atoms in total. The lowest BCUT2D eigenvalue weighted by molar-refractivity contribution is 0.893. The number of benzene rings is 6. The highest BCUT2D eigenvalue weighted by molar-refractivity contribution is 8.00. The number of thioether (sulfide) groups is 1. The molecule has 0 N–H and O–H groups in total. The molecule has 0 heterocycles. The Hall–Kier alpha value is -4.33. The van der Waals surface area contributed by atoms with Gasteiger partial charge in [0.05, 0.1) is 4.75 Å². The van der Waals surface area contributed by atoms with Crippen LogP contribution in [0.15, 0.2) is 181 Å². The van der Waals surface area contributed by atoms with Gasteiger partial charge in [-0.25, -0.2) is 0 Å². The summed E-state index contributed by atoms with van der Waals surface area (Å²) in [5.41, 5.74) is 7.70. The lowest BCUT2D eigenvalue weighted by atomic mass is 9.84. The van der Waals surface area contributed by atoms with Gasteiger partial charge >= 0.3 is 0 Å². The van der Waals surface area contributed by atoms with Crippen LogP contribution < -0.4 is 0 Å². The Labute approximate surface area is 236 Å². The molecule has 0 aliphatic carbocycles. The fraction of sp³-hybridized carbons (Fsp3) is 0.0526. The first-order valence-corrected chi connectivity index (χ1v) is 14.2. The zero-order valence-corrected chi connectivity index (χ0v) is 22.5. The predicted molar refractivity (Wildman–Crippen MR) is 165 cm³/mol. The molecule has 1 heteroatoms. The van der Waals surface area contributed by atoms with Gasteiger partial charge in [0.2, 0.25) is 0 Å². The van der Waals surface area contributed by atoms with E-state index in [1.54, 1.807) is 0 Å². The van der Waals surface area contributed by atoms with Gasteiger partial charge in [-0.05, 0) is 45.5 Å². The average molecular weight is 519 g/mol. The fourth-order valence-electron chi connectivity index (χ4n) is 5.47. The molecule has 0 saturated carbocycles. The lowest BCUT2D eigenvalue weighted by Gasteiger charge is -2.35. The highest BCUT2D eigenvalue weighted by atomic mass is 32.2. The largest absolute Gasteiger partial charge is 0.105 e. The summed E-state index contributed by atoms with van der Waals surface area (Å²) in [6, 6.07) is 63.4. The van der Waals surface area contributed by atoms with E-state index < -0.39 is 0 Å². The maximum atomic E-state index is 2.30. The first kappa shape index (κ1) is 25.0. The maximum absolute atomic E-state index is 2.30. The van der Waals surface area contributed by atoms with Crippen LogP contribution in [0.3, 0.4) is 0 Å². The first-order valence-electron chi connectivity index (χ1n) is 13.4.